The van der Waals surface area contributed by atoms with Crippen LogP contribution in [0.2, 0.25) is 0 Å². The Hall–Kier alpha value is -2.77. The van der Waals surface area contributed by atoms with E-state index in [4.69, 9.17) is 5.11 Å². The maximum Gasteiger partial charge on any atom is 0.309 e. The third kappa shape index (κ3) is 4.15. The first kappa shape index (κ1) is 17.6. The fraction of sp³-hybridized carbons (Fsp3) is 0.438. The molecular weight excluding hydrogens is 312 g/mol. The Balaban J connectivity index is 1.89. The number of nitrogens with zero attached hydrogens (tertiary/aromatic N) is 3. The van der Waals surface area contributed by atoms with E-state index in [2.05, 4.69) is 15.6 Å². The highest BCUT2D eigenvalue weighted by molar-refractivity contribution is 5.77. The van der Waals surface area contributed by atoms with Gasteiger partial charge in [0.05, 0.1) is 17.3 Å². The first-order valence-corrected chi connectivity index (χ1v) is 7.64. The number of fused-ring (bicyclic) bond motifs is 1. The Bertz CT molecular complexity index is 813. The highest BCUT2D eigenvalue weighted by atomic mass is 16.4. The van der Waals surface area contributed by atoms with Gasteiger partial charge >= 0.3 is 5.97 Å². The number of carbonyl (C=O) groups excluding carboxylic acids is 1. The maximum atomic E-state index is 12.2. The molecule has 0 spiro atoms. The molecule has 0 bridgehead atoms. The number of nitrogens with one attached hydrogen (secondary N) is 1. The summed E-state index contributed by atoms with van der Waals surface area (Å²) in [6, 6.07) is 6.88. The standard InChI is InChI=1S/C16H20N4O4/c1-16(2,15(23)24)8-9-17-13(21)7-10-20-14(22)11-5-3-4-6-12(11)18-19-20/h3-6H,7-10H2,1-2H3,(H,17,21)(H,23,24). The van der Waals surface area contributed by atoms with Crippen LogP contribution < -0.4 is 10.9 Å². The lowest BCUT2D eigenvalue weighted by Crippen LogP contribution is -2.33. The molecule has 0 aliphatic carbocycles. The van der Waals surface area contributed by atoms with Crippen LogP contribution in [0.25, 0.3) is 10.9 Å². The summed E-state index contributed by atoms with van der Waals surface area (Å²) in [4.78, 5) is 35.0. The summed E-state index contributed by atoms with van der Waals surface area (Å²) in [7, 11) is 0. The van der Waals surface area contributed by atoms with Crippen LogP contribution in [0.3, 0.4) is 0 Å². The monoisotopic (exact) mass is 332 g/mol. The summed E-state index contributed by atoms with van der Waals surface area (Å²) < 4.78 is 1.16. The van der Waals surface area contributed by atoms with E-state index >= 15 is 0 Å². The van der Waals surface area contributed by atoms with Gasteiger partial charge in [0.2, 0.25) is 5.91 Å². The first-order chi connectivity index (χ1) is 11.3. The van der Waals surface area contributed by atoms with Crippen molar-refractivity contribution in [2.75, 3.05) is 6.54 Å². The SMILES string of the molecule is CC(C)(CCNC(=O)CCn1nnc2ccccc2c1=O)C(=O)O. The lowest BCUT2D eigenvalue weighted by molar-refractivity contribution is -0.147. The Morgan fingerprint density at radius 1 is 1.29 bits per heavy atom. The van der Waals surface area contributed by atoms with E-state index in [9.17, 15) is 14.4 Å². The zero-order valence-corrected chi connectivity index (χ0v) is 13.7. The molecule has 128 valence electrons. The molecule has 0 saturated heterocycles. The molecule has 0 radical (unpaired) electrons. The number of amides is 1. The van der Waals surface area contributed by atoms with Gasteiger partial charge in [0.25, 0.3) is 5.56 Å². The van der Waals surface area contributed by atoms with E-state index in [0.29, 0.717) is 17.3 Å². The number of carboxylic acids is 1. The molecular formula is C16H20N4O4. The second kappa shape index (κ2) is 7.20. The van der Waals surface area contributed by atoms with Crippen molar-refractivity contribution < 1.29 is 14.7 Å². The van der Waals surface area contributed by atoms with Gasteiger partial charge in [-0.2, -0.15) is 0 Å². The molecule has 1 amide bonds. The van der Waals surface area contributed by atoms with E-state index in [1.807, 2.05) is 0 Å². The average Bonchev–Trinajstić information content (AvgIpc) is 2.54. The van der Waals surface area contributed by atoms with Gasteiger partial charge in [0.1, 0.15) is 5.52 Å². The zero-order chi connectivity index (χ0) is 17.7. The van der Waals surface area contributed by atoms with Crippen LogP contribution >= 0.6 is 0 Å². The van der Waals surface area contributed by atoms with Gasteiger partial charge in [-0.1, -0.05) is 17.3 Å². The number of aromatic nitrogens is 3. The van der Waals surface area contributed by atoms with Gasteiger partial charge in [-0.05, 0) is 32.4 Å². The molecule has 8 nitrogen and oxygen atoms in total. The van der Waals surface area contributed by atoms with E-state index in [1.165, 1.54) is 0 Å². The molecule has 2 N–H and O–H groups in total. The van der Waals surface area contributed by atoms with E-state index < -0.39 is 11.4 Å². The van der Waals surface area contributed by atoms with Crippen molar-refractivity contribution in [2.45, 2.75) is 33.2 Å². The number of rotatable bonds is 7. The fourth-order valence-corrected chi connectivity index (χ4v) is 2.09. The molecule has 0 aliphatic rings. The molecule has 1 heterocycles. The zero-order valence-electron chi connectivity index (χ0n) is 13.7. The van der Waals surface area contributed by atoms with Crippen LogP contribution in [-0.2, 0) is 16.1 Å². The Labute approximate surface area is 138 Å². The number of benzene rings is 1. The van der Waals surface area contributed by atoms with Crippen molar-refractivity contribution in [1.29, 1.82) is 0 Å². The molecule has 2 aromatic rings. The predicted octanol–water partition coefficient (Wildman–Crippen LogP) is 0.799. The topological polar surface area (TPSA) is 114 Å². The minimum atomic E-state index is -0.908. The van der Waals surface area contributed by atoms with Crippen molar-refractivity contribution in [1.82, 2.24) is 20.3 Å². The Morgan fingerprint density at radius 3 is 2.71 bits per heavy atom. The normalized spacial score (nSPS) is 11.4. The van der Waals surface area contributed by atoms with E-state index in [0.717, 1.165) is 4.68 Å². The summed E-state index contributed by atoms with van der Waals surface area (Å²) in [6.07, 6.45) is 0.393. The average molecular weight is 332 g/mol. The van der Waals surface area contributed by atoms with Gasteiger partial charge < -0.3 is 10.4 Å². The third-order valence-electron chi connectivity index (χ3n) is 3.83. The summed E-state index contributed by atoms with van der Waals surface area (Å²) in [6.45, 7) is 3.58. The van der Waals surface area contributed by atoms with Gasteiger partial charge in [0.15, 0.2) is 0 Å². The second-order valence-corrected chi connectivity index (χ2v) is 6.17. The minimum Gasteiger partial charge on any atom is -0.481 e. The summed E-state index contributed by atoms with van der Waals surface area (Å²) in [5.74, 6) is -1.17. The molecule has 0 saturated carbocycles. The van der Waals surface area contributed by atoms with Crippen molar-refractivity contribution >= 4 is 22.8 Å². The first-order valence-electron chi connectivity index (χ1n) is 7.64. The fourth-order valence-electron chi connectivity index (χ4n) is 2.09. The van der Waals surface area contributed by atoms with Crippen LogP contribution in [0.4, 0.5) is 0 Å². The second-order valence-electron chi connectivity index (χ2n) is 6.17. The van der Waals surface area contributed by atoms with Crippen LogP contribution in [0.15, 0.2) is 29.1 Å². The van der Waals surface area contributed by atoms with Gasteiger partial charge in [0, 0.05) is 13.0 Å². The van der Waals surface area contributed by atoms with Crippen molar-refractivity contribution in [2.24, 2.45) is 5.41 Å². The molecule has 1 aromatic carbocycles. The summed E-state index contributed by atoms with van der Waals surface area (Å²) in [5.41, 5.74) is -0.673. The summed E-state index contributed by atoms with van der Waals surface area (Å²) in [5, 5.41) is 19.9. The van der Waals surface area contributed by atoms with Crippen LogP contribution in [0.5, 0.6) is 0 Å². The number of aryl methyl sites for hydroxylation is 1. The molecule has 24 heavy (non-hydrogen) atoms. The van der Waals surface area contributed by atoms with Gasteiger partial charge in [-0.15, -0.1) is 5.10 Å². The predicted molar refractivity (Wildman–Crippen MR) is 87.5 cm³/mol. The van der Waals surface area contributed by atoms with Gasteiger partial charge in [-0.25, -0.2) is 4.68 Å². The largest absolute Gasteiger partial charge is 0.481 e. The number of hydrogen-bond donors (Lipinski definition) is 2. The number of hydrogen-bond acceptors (Lipinski definition) is 5. The maximum absolute atomic E-state index is 12.2. The Morgan fingerprint density at radius 2 is 2.00 bits per heavy atom. The minimum absolute atomic E-state index is 0.0699. The highest BCUT2D eigenvalue weighted by Crippen LogP contribution is 2.19. The molecule has 2 rings (SSSR count). The lowest BCUT2D eigenvalue weighted by Gasteiger charge is -2.18. The molecule has 0 atom stereocenters. The van der Waals surface area contributed by atoms with Crippen molar-refractivity contribution in [3.05, 3.63) is 34.6 Å². The smallest absolute Gasteiger partial charge is 0.309 e. The van der Waals surface area contributed by atoms with Crippen molar-refractivity contribution in [3.8, 4) is 0 Å². The van der Waals surface area contributed by atoms with Crippen molar-refractivity contribution in [3.63, 3.8) is 0 Å². The van der Waals surface area contributed by atoms with E-state index in [1.54, 1.807) is 38.1 Å². The van der Waals surface area contributed by atoms with E-state index in [-0.39, 0.29) is 31.0 Å². The summed E-state index contributed by atoms with van der Waals surface area (Å²) >= 11 is 0. The lowest BCUT2D eigenvalue weighted by atomic mass is 9.90. The van der Waals surface area contributed by atoms with Crippen LogP contribution in [-0.4, -0.2) is 38.5 Å². The molecule has 0 fully saturated rings. The third-order valence-corrected chi connectivity index (χ3v) is 3.83. The number of carbonyl (C=O) groups is 2. The van der Waals surface area contributed by atoms with Crippen LogP contribution in [0.1, 0.15) is 26.7 Å². The van der Waals surface area contributed by atoms with Gasteiger partial charge in [-0.3, -0.25) is 14.4 Å². The number of carboxylic acid groups (broad SMARTS) is 1. The molecule has 0 unspecified atom stereocenters. The molecule has 8 heteroatoms. The molecule has 1 aromatic heterocycles. The Kier molecular flexibility index (Phi) is 5.28. The van der Waals surface area contributed by atoms with Crippen LogP contribution in [0, 0.1) is 5.41 Å². The molecule has 0 aliphatic heterocycles. The number of aliphatic carboxylic acids is 1. The quantitative estimate of drug-likeness (QED) is 0.775. The highest BCUT2D eigenvalue weighted by Gasteiger charge is 2.26.